The Morgan fingerprint density at radius 3 is 2.91 bits per heavy atom. The van der Waals surface area contributed by atoms with Crippen LogP contribution >= 0.6 is 0 Å². The minimum absolute atomic E-state index is 0.0438. The number of aliphatic hydroxyl groups is 1. The Balaban J connectivity index is 1.65. The molecule has 1 saturated carbocycles. The van der Waals surface area contributed by atoms with Gasteiger partial charge >= 0.3 is 0 Å². The Morgan fingerprint density at radius 2 is 2.22 bits per heavy atom. The maximum Gasteiger partial charge on any atom is 0.270 e. The number of hydrogen-bond donors (Lipinski definition) is 2. The number of hydrogen-bond acceptors (Lipinski definition) is 5. The second kappa shape index (κ2) is 6.50. The van der Waals surface area contributed by atoms with Crippen molar-refractivity contribution in [1.82, 2.24) is 15.3 Å². The maximum absolute atomic E-state index is 12.3. The third-order valence-corrected chi connectivity index (χ3v) is 4.27. The lowest BCUT2D eigenvalue weighted by Crippen LogP contribution is -2.38. The molecular formula is C17H21N3O3. The molecule has 1 fully saturated rings. The van der Waals surface area contributed by atoms with E-state index >= 15 is 0 Å². The van der Waals surface area contributed by atoms with Crippen LogP contribution in [-0.2, 0) is 5.60 Å². The Bertz CT molecular complexity index is 661. The van der Waals surface area contributed by atoms with Crippen LogP contribution in [0, 0.1) is 0 Å². The predicted octanol–water partition coefficient (Wildman–Crippen LogP) is 2.36. The number of nitrogens with zero attached hydrogens (tertiary/aromatic N) is 2. The van der Waals surface area contributed by atoms with Gasteiger partial charge in [-0.3, -0.25) is 4.79 Å². The second-order valence-electron chi connectivity index (χ2n) is 6.22. The molecular weight excluding hydrogens is 294 g/mol. The number of amides is 1. The Kier molecular flexibility index (Phi) is 4.43. The van der Waals surface area contributed by atoms with Crippen molar-refractivity contribution in [2.75, 3.05) is 6.54 Å². The summed E-state index contributed by atoms with van der Waals surface area (Å²) in [5.74, 6) is 1.19. The highest BCUT2D eigenvalue weighted by atomic mass is 16.4. The van der Waals surface area contributed by atoms with Crippen LogP contribution in [0.4, 0.5) is 0 Å². The summed E-state index contributed by atoms with van der Waals surface area (Å²) in [6.07, 6.45) is 7.66. The fourth-order valence-corrected chi connectivity index (χ4v) is 2.90. The average molecular weight is 315 g/mol. The van der Waals surface area contributed by atoms with E-state index in [1.807, 2.05) is 0 Å². The first-order valence-corrected chi connectivity index (χ1v) is 7.94. The average Bonchev–Trinajstić information content (AvgIpc) is 3.25. The lowest BCUT2D eigenvalue weighted by molar-refractivity contribution is 0.0329. The molecule has 2 N–H and O–H groups in total. The largest absolute Gasteiger partial charge is 0.466 e. The third kappa shape index (κ3) is 3.59. The second-order valence-corrected chi connectivity index (χ2v) is 6.22. The van der Waals surface area contributed by atoms with Gasteiger partial charge in [0, 0.05) is 12.1 Å². The van der Waals surface area contributed by atoms with E-state index in [-0.39, 0.29) is 12.5 Å². The topological polar surface area (TPSA) is 88.2 Å². The van der Waals surface area contributed by atoms with Crippen molar-refractivity contribution in [3.05, 3.63) is 47.9 Å². The van der Waals surface area contributed by atoms with Crippen molar-refractivity contribution in [3.8, 4) is 0 Å². The molecule has 0 radical (unpaired) electrons. The summed E-state index contributed by atoms with van der Waals surface area (Å²) in [6, 6.07) is 4.97. The number of carbonyl (C=O) groups excluding carboxylic acids is 1. The normalized spacial score (nSPS) is 17.8. The number of aromatic nitrogens is 2. The van der Waals surface area contributed by atoms with Crippen molar-refractivity contribution in [2.24, 2.45) is 0 Å². The first kappa shape index (κ1) is 15.7. The molecule has 0 saturated heterocycles. The molecule has 1 atom stereocenters. The molecule has 2 aromatic heterocycles. The molecule has 2 aromatic rings. The van der Waals surface area contributed by atoms with E-state index in [2.05, 4.69) is 15.3 Å². The third-order valence-electron chi connectivity index (χ3n) is 4.27. The monoisotopic (exact) mass is 315 g/mol. The molecule has 6 heteroatoms. The minimum Gasteiger partial charge on any atom is -0.466 e. The summed E-state index contributed by atoms with van der Waals surface area (Å²) in [7, 11) is 0. The van der Waals surface area contributed by atoms with E-state index in [1.54, 1.807) is 31.3 Å². The van der Waals surface area contributed by atoms with Crippen molar-refractivity contribution < 1.29 is 14.3 Å². The van der Waals surface area contributed by atoms with Gasteiger partial charge < -0.3 is 14.8 Å². The van der Waals surface area contributed by atoms with Gasteiger partial charge in [0.25, 0.3) is 5.91 Å². The first-order chi connectivity index (χ1) is 11.1. The molecule has 1 amide bonds. The van der Waals surface area contributed by atoms with Crippen LogP contribution in [0.1, 0.15) is 60.6 Å². The van der Waals surface area contributed by atoms with Crippen molar-refractivity contribution in [3.63, 3.8) is 0 Å². The number of rotatable bonds is 5. The van der Waals surface area contributed by atoms with Crippen LogP contribution < -0.4 is 5.32 Å². The minimum atomic E-state index is -1.26. The van der Waals surface area contributed by atoms with Crippen LogP contribution in [0.15, 0.2) is 35.1 Å². The molecule has 23 heavy (non-hydrogen) atoms. The number of furan rings is 1. The lowest BCUT2D eigenvalue weighted by atomic mass is 10.0. The summed E-state index contributed by atoms with van der Waals surface area (Å²) in [5.41, 5.74) is -0.933. The maximum atomic E-state index is 12.3. The van der Waals surface area contributed by atoms with Gasteiger partial charge in [0.1, 0.15) is 22.9 Å². The molecule has 1 aliphatic rings. The fourth-order valence-electron chi connectivity index (χ4n) is 2.90. The predicted molar refractivity (Wildman–Crippen MR) is 83.9 cm³/mol. The van der Waals surface area contributed by atoms with Crippen LogP contribution in [0.25, 0.3) is 0 Å². The SMILES string of the molecule is CC(O)(CNC(=O)c1ccnc(C2CCCC2)n1)c1ccco1. The Labute approximate surface area is 135 Å². The Hall–Kier alpha value is -2.21. The lowest BCUT2D eigenvalue weighted by Gasteiger charge is -2.21. The van der Waals surface area contributed by atoms with Gasteiger partial charge in [-0.1, -0.05) is 12.8 Å². The van der Waals surface area contributed by atoms with Crippen molar-refractivity contribution in [2.45, 2.75) is 44.1 Å². The summed E-state index contributed by atoms with van der Waals surface area (Å²) >= 11 is 0. The van der Waals surface area contributed by atoms with Gasteiger partial charge in [-0.05, 0) is 38.0 Å². The van der Waals surface area contributed by atoms with Crippen LogP contribution in [0.3, 0.4) is 0 Å². The highest BCUT2D eigenvalue weighted by Gasteiger charge is 2.27. The van der Waals surface area contributed by atoms with Crippen LogP contribution in [0.2, 0.25) is 0 Å². The zero-order valence-corrected chi connectivity index (χ0v) is 13.2. The van der Waals surface area contributed by atoms with Gasteiger partial charge in [-0.2, -0.15) is 0 Å². The van der Waals surface area contributed by atoms with Gasteiger partial charge in [0.15, 0.2) is 0 Å². The highest BCUT2D eigenvalue weighted by Crippen LogP contribution is 2.31. The quantitative estimate of drug-likeness (QED) is 0.884. The molecule has 0 aliphatic heterocycles. The standard InChI is InChI=1S/C17H21N3O3/c1-17(22,14-7-4-10-23-14)11-19-16(21)13-8-9-18-15(20-13)12-5-2-3-6-12/h4,7-10,12,22H,2-3,5-6,11H2,1H3,(H,19,21). The Morgan fingerprint density at radius 1 is 1.43 bits per heavy atom. The van der Waals surface area contributed by atoms with E-state index in [0.29, 0.717) is 17.4 Å². The van der Waals surface area contributed by atoms with Crippen LogP contribution in [-0.4, -0.2) is 27.5 Å². The van der Waals surface area contributed by atoms with Gasteiger partial charge in [-0.25, -0.2) is 9.97 Å². The molecule has 0 aromatic carbocycles. The van der Waals surface area contributed by atoms with E-state index in [9.17, 15) is 9.90 Å². The van der Waals surface area contributed by atoms with E-state index < -0.39 is 5.60 Å². The highest BCUT2D eigenvalue weighted by molar-refractivity contribution is 5.92. The molecule has 1 unspecified atom stereocenters. The summed E-state index contributed by atoms with van der Waals surface area (Å²) in [6.45, 7) is 1.64. The van der Waals surface area contributed by atoms with Crippen molar-refractivity contribution >= 4 is 5.91 Å². The molecule has 6 nitrogen and oxygen atoms in total. The fraction of sp³-hybridized carbons (Fsp3) is 0.471. The first-order valence-electron chi connectivity index (χ1n) is 7.94. The number of nitrogens with one attached hydrogen (secondary N) is 1. The summed E-state index contributed by atoms with van der Waals surface area (Å²) < 4.78 is 5.20. The zero-order valence-electron chi connectivity index (χ0n) is 13.2. The zero-order chi connectivity index (χ0) is 16.3. The molecule has 2 heterocycles. The van der Waals surface area contributed by atoms with Crippen molar-refractivity contribution in [1.29, 1.82) is 0 Å². The molecule has 0 spiro atoms. The molecule has 122 valence electrons. The smallest absolute Gasteiger partial charge is 0.270 e. The van der Waals surface area contributed by atoms with Crippen LogP contribution in [0.5, 0.6) is 0 Å². The molecule has 0 bridgehead atoms. The van der Waals surface area contributed by atoms with Gasteiger partial charge in [0.2, 0.25) is 0 Å². The van der Waals surface area contributed by atoms with E-state index in [1.165, 1.54) is 19.1 Å². The number of carbonyl (C=O) groups is 1. The summed E-state index contributed by atoms with van der Waals surface area (Å²) in [4.78, 5) is 21.0. The molecule has 1 aliphatic carbocycles. The molecule has 3 rings (SSSR count). The van der Waals surface area contributed by atoms with Gasteiger partial charge in [0.05, 0.1) is 12.8 Å². The van der Waals surface area contributed by atoms with E-state index in [0.717, 1.165) is 18.7 Å². The van der Waals surface area contributed by atoms with Gasteiger partial charge in [-0.15, -0.1) is 0 Å². The summed E-state index contributed by atoms with van der Waals surface area (Å²) in [5, 5.41) is 13.1. The van der Waals surface area contributed by atoms with E-state index in [4.69, 9.17) is 4.42 Å².